The Hall–Kier alpha value is -10.8. The fraction of sp³-hybridized carbons (Fsp3) is 0.405. The third-order valence-electron chi connectivity index (χ3n) is 24.7. The summed E-state index contributed by atoms with van der Waals surface area (Å²) in [6.07, 6.45) is 27.9. The number of hydrogen-bond donors (Lipinski definition) is 5. The molecule has 0 fully saturated rings. The van der Waals surface area contributed by atoms with Gasteiger partial charge >= 0.3 is 0 Å². The largest absolute Gasteiger partial charge is 0.457 e. The van der Waals surface area contributed by atoms with E-state index in [1.54, 1.807) is 0 Å². The average molecular weight is 1690 g/mol. The number of nitrogens with one attached hydrogen (secondary N) is 5. The zero-order valence-corrected chi connectivity index (χ0v) is 79.5. The second kappa shape index (κ2) is 36.2. The van der Waals surface area contributed by atoms with Crippen molar-refractivity contribution in [1.82, 2.24) is 46.2 Å². The highest BCUT2D eigenvalue weighted by molar-refractivity contribution is 6.11. The van der Waals surface area contributed by atoms with Crippen molar-refractivity contribution in [1.29, 1.82) is 0 Å². The summed E-state index contributed by atoms with van der Waals surface area (Å²) in [5, 5.41) is 35.9. The molecule has 0 saturated heterocycles. The van der Waals surface area contributed by atoms with E-state index in [1.807, 2.05) is 12.1 Å². The lowest BCUT2D eigenvalue weighted by molar-refractivity contribution is 0.200. The van der Waals surface area contributed by atoms with Gasteiger partial charge in [-0.3, -0.25) is 26.6 Å². The van der Waals surface area contributed by atoms with Gasteiger partial charge in [0, 0.05) is 150 Å². The number of nitrogens with zero attached hydrogens (tertiary/aromatic N) is 5. The molecule has 0 radical (unpaired) electrons. The maximum atomic E-state index is 6.46. The number of likely N-dealkylation sites (N-methyl/N-ethyl adjacent to an activating group) is 1. The van der Waals surface area contributed by atoms with Crippen LogP contribution in [0.1, 0.15) is 229 Å². The molecule has 5 aliphatic rings. The van der Waals surface area contributed by atoms with Crippen LogP contribution in [0.4, 0.5) is 5.88 Å². The molecule has 10 heterocycles. The number of anilines is 1. The van der Waals surface area contributed by atoms with Crippen LogP contribution in [0.2, 0.25) is 0 Å². The zero-order chi connectivity index (χ0) is 89.8. The minimum atomic E-state index is 0.0542. The van der Waals surface area contributed by atoms with Gasteiger partial charge in [0.2, 0.25) is 5.88 Å². The van der Waals surface area contributed by atoms with Crippen LogP contribution in [0.5, 0.6) is 0 Å². The van der Waals surface area contributed by atoms with Crippen molar-refractivity contribution in [2.75, 3.05) is 40.1 Å². The molecule has 0 saturated carbocycles. The summed E-state index contributed by atoms with van der Waals surface area (Å²) in [4.78, 5) is 11.0. The van der Waals surface area contributed by atoms with Crippen LogP contribution in [-0.4, -0.2) is 97.4 Å². The normalized spacial score (nSPS) is 18.7. The Kier molecular flexibility index (Phi) is 25.8. The topological polar surface area (TPSA) is 142 Å². The fourth-order valence-electron chi connectivity index (χ4n) is 19.9. The van der Waals surface area contributed by atoms with Crippen LogP contribution < -0.4 is 42.1 Å². The molecule has 9 aromatic carbocycles. The quantitative estimate of drug-likeness (QED) is 0.0664. The van der Waals surface area contributed by atoms with Crippen molar-refractivity contribution in [3.8, 4) is 0 Å². The van der Waals surface area contributed by atoms with Crippen LogP contribution in [0.25, 0.3) is 135 Å². The minimum Gasteiger partial charge on any atom is -0.457 e. The standard InChI is InChI=1S/4C23H28N2O.C19H26N2O/c1-15(14-23(2,3)4)24-22-21-18(10-11-25(22)5)19-12-16-8-6-7-9-17(16)13-20(19)26-21;1-15(13-23(2,3)4)24-21-12-18-20(14-25(21)5)26-19-11-10-16-8-6-7-9-17(16)22(18)19;1-15(14-23(2,3)4)24-22-21-18(12-13-25(22)5)20-17-9-7-6-8-16(17)10-11-19(20)26-21;1-15(14-23(2,3)4)24-22-21-19(12-13-25(22)5)18-11-10-16-8-6-7-9-17(16)20(18)26-21;1-13(12-19(2,3)4)20-17-11-10-15-14-8-6-7-9-16(14)22-18(15)21(17)5/h6-13,15,22,24H,14H2,1-5H3;6-12,14-15,21,24H,13H2,1-5H3;2*6-13,15,22,24H,14H2,1-5H3;6-11,13,17,20H,12H2,1-5H3/t15-,22?;15-,21?;2*15-,22?;13-,17?/m11111/s1. The van der Waals surface area contributed by atoms with Gasteiger partial charge in [0.1, 0.15) is 69.9 Å². The highest BCUT2D eigenvalue weighted by atomic mass is 16.4. The number of hydrogen-bond acceptors (Lipinski definition) is 15. The molecule has 19 rings (SSSR count). The SMILES string of the molecule is C[C@H](CC(C)(C)C)NC1C=Cc2c(oc3ccccc23)N1C.C[C@H](CC(C)(C)C)NC1C=c2c(oc3ccc4ccccc4c23)=CN1C.C[C@H](CC(C)(C)C)NC1c2oc3c(ccc4ccccc43)c2C=CN1C.C[C@H](CC(C)(C)C)NC1c2oc3cc4ccccc4cc3c2C=CN1C.C[C@H](CC(C)(C)C)NC1c2oc3ccc4ccccc4c3c2C=CN1C. The number of fused-ring (bicyclic) bond motifs is 22. The van der Waals surface area contributed by atoms with Crippen molar-refractivity contribution < 1.29 is 22.1 Å². The maximum Gasteiger partial charge on any atom is 0.205 e. The van der Waals surface area contributed by atoms with Crippen LogP contribution >= 0.6 is 0 Å². The van der Waals surface area contributed by atoms with E-state index < -0.39 is 0 Å². The molecule has 0 aliphatic carbocycles. The Morgan fingerprint density at radius 2 is 0.714 bits per heavy atom. The molecule has 15 heteroatoms. The maximum absolute atomic E-state index is 6.46. The van der Waals surface area contributed by atoms with Gasteiger partial charge in [-0.25, -0.2) is 0 Å². The lowest BCUT2D eigenvalue weighted by Gasteiger charge is -2.34. The zero-order valence-electron chi connectivity index (χ0n) is 79.5. The van der Waals surface area contributed by atoms with Crippen molar-refractivity contribution in [2.45, 2.75) is 232 Å². The molecular formula is C111H138N10O5. The van der Waals surface area contributed by atoms with Gasteiger partial charge in [-0.1, -0.05) is 237 Å². The molecule has 5 aliphatic heterocycles. The fourth-order valence-corrected chi connectivity index (χ4v) is 19.9. The van der Waals surface area contributed by atoms with Gasteiger partial charge in [0.05, 0.1) is 6.17 Å². The van der Waals surface area contributed by atoms with Crippen molar-refractivity contribution in [3.05, 3.63) is 245 Å². The van der Waals surface area contributed by atoms with E-state index in [0.29, 0.717) is 57.3 Å². The molecular weight excluding hydrogens is 1550 g/mol. The first-order chi connectivity index (χ1) is 59.6. The van der Waals surface area contributed by atoms with Gasteiger partial charge in [-0.05, 0) is 204 Å². The Balaban J connectivity index is 0.000000122. The predicted octanol–water partition coefficient (Wildman–Crippen LogP) is 26.2. The third-order valence-corrected chi connectivity index (χ3v) is 24.7. The van der Waals surface area contributed by atoms with Crippen molar-refractivity contribution >= 4 is 140 Å². The minimum absolute atomic E-state index is 0.0542. The van der Waals surface area contributed by atoms with Gasteiger partial charge in [0.15, 0.2) is 5.42 Å². The average Bonchev–Trinajstić information content (AvgIpc) is 1.60. The second-order valence-corrected chi connectivity index (χ2v) is 42.7. The van der Waals surface area contributed by atoms with Gasteiger partial charge in [-0.2, -0.15) is 0 Å². The first kappa shape index (κ1) is 90.0. The third kappa shape index (κ3) is 20.4. The Labute approximate surface area is 747 Å². The summed E-state index contributed by atoms with van der Waals surface area (Å²) in [6, 6.07) is 61.5. The number of furan rings is 5. The summed E-state index contributed by atoms with van der Waals surface area (Å²) in [6.45, 7) is 45.6. The Morgan fingerprint density at radius 3 is 1.24 bits per heavy atom. The molecule has 5 N–H and O–H groups in total. The molecule has 5 unspecified atom stereocenters. The summed E-state index contributed by atoms with van der Waals surface area (Å²) in [5.74, 6) is 3.99. The van der Waals surface area contributed by atoms with E-state index in [0.717, 1.165) is 88.6 Å². The summed E-state index contributed by atoms with van der Waals surface area (Å²) < 4.78 is 31.4. The molecule has 5 aromatic heterocycles. The van der Waals surface area contributed by atoms with E-state index in [2.05, 4.69) is 444 Å². The highest BCUT2D eigenvalue weighted by Crippen LogP contribution is 2.45. The molecule has 15 nitrogen and oxygen atoms in total. The van der Waals surface area contributed by atoms with Crippen LogP contribution in [0.15, 0.2) is 217 Å². The van der Waals surface area contributed by atoms with E-state index in [9.17, 15) is 0 Å². The van der Waals surface area contributed by atoms with E-state index in [4.69, 9.17) is 22.1 Å². The highest BCUT2D eigenvalue weighted by Gasteiger charge is 2.35. The van der Waals surface area contributed by atoms with Crippen molar-refractivity contribution in [3.63, 3.8) is 0 Å². The number of rotatable bonds is 15. The molecule has 126 heavy (non-hydrogen) atoms. The molecule has 10 atom stereocenters. The summed E-state index contributed by atoms with van der Waals surface area (Å²) in [5.41, 5.74) is 12.1. The predicted molar refractivity (Wildman–Crippen MR) is 534 cm³/mol. The lowest BCUT2D eigenvalue weighted by atomic mass is 9.88. The van der Waals surface area contributed by atoms with Gasteiger partial charge < -0.3 is 46.6 Å². The summed E-state index contributed by atoms with van der Waals surface area (Å²) in [7, 11) is 10.5. The molecule has 0 amide bonds. The van der Waals surface area contributed by atoms with E-state index in [1.165, 1.54) is 97.5 Å². The van der Waals surface area contributed by atoms with Crippen LogP contribution in [0.3, 0.4) is 0 Å². The second-order valence-electron chi connectivity index (χ2n) is 42.7. The first-order valence-electron chi connectivity index (χ1n) is 45.8. The number of benzene rings is 9. The first-order valence-corrected chi connectivity index (χ1v) is 45.8. The molecule has 0 spiro atoms. The van der Waals surface area contributed by atoms with Gasteiger partial charge in [-0.15, -0.1) is 0 Å². The Morgan fingerprint density at radius 1 is 0.317 bits per heavy atom. The van der Waals surface area contributed by atoms with Gasteiger partial charge in [0.25, 0.3) is 0 Å². The van der Waals surface area contributed by atoms with E-state index >= 15 is 0 Å². The summed E-state index contributed by atoms with van der Waals surface area (Å²) >= 11 is 0. The number of para-hydroxylation sites is 1. The monoisotopic (exact) mass is 1690 g/mol. The molecule has 14 aromatic rings. The Bertz CT molecular complexity index is 6460. The van der Waals surface area contributed by atoms with Crippen LogP contribution in [-0.2, 0) is 0 Å². The van der Waals surface area contributed by atoms with E-state index in [-0.39, 0.29) is 30.8 Å². The lowest BCUT2D eigenvalue weighted by Crippen LogP contribution is -2.49. The van der Waals surface area contributed by atoms with Crippen molar-refractivity contribution in [2.24, 2.45) is 27.1 Å². The smallest absolute Gasteiger partial charge is 0.205 e. The molecule has 0 bridgehead atoms. The molecule has 662 valence electrons. The van der Waals surface area contributed by atoms with Crippen LogP contribution in [0, 0.1) is 27.1 Å².